The average Bonchev–Trinajstić information content (AvgIpc) is 3.64. The van der Waals surface area contributed by atoms with Crippen LogP contribution >= 0.6 is 0 Å². The summed E-state index contributed by atoms with van der Waals surface area (Å²) in [6, 6.07) is 8.97. The van der Waals surface area contributed by atoms with E-state index in [1.54, 1.807) is 12.1 Å². The number of phenolic OH excluding ortho intramolecular Hbond substituents is 1. The first-order valence-electron chi connectivity index (χ1n) is 13.0. The van der Waals surface area contributed by atoms with Crippen molar-refractivity contribution in [2.75, 3.05) is 19.8 Å². The first-order valence-corrected chi connectivity index (χ1v) is 13.0. The van der Waals surface area contributed by atoms with E-state index >= 15 is 0 Å². The van der Waals surface area contributed by atoms with Gasteiger partial charge in [0.25, 0.3) is 0 Å². The molecule has 0 saturated carbocycles. The number of aliphatic hydroxyl groups is 4. The van der Waals surface area contributed by atoms with Gasteiger partial charge in [0.1, 0.15) is 43.4 Å². The summed E-state index contributed by atoms with van der Waals surface area (Å²) in [5.74, 6) is 1.32. The van der Waals surface area contributed by atoms with E-state index in [4.69, 9.17) is 14.2 Å². The number of H-pyrrole nitrogens is 1. The minimum atomic E-state index is -1.54. The predicted molar refractivity (Wildman–Crippen MR) is 141 cm³/mol. The molecule has 7 N–H and O–H groups in total. The number of ether oxygens (including phenoxy) is 3. The smallest absolute Gasteiger partial charge is 0.163 e. The molecule has 11 heteroatoms. The quantitative estimate of drug-likeness (QED) is 0.178. The van der Waals surface area contributed by atoms with Gasteiger partial charge in [-0.25, -0.2) is 0 Å². The Hall–Kier alpha value is -3.58. The van der Waals surface area contributed by atoms with Gasteiger partial charge in [-0.2, -0.15) is 0 Å². The van der Waals surface area contributed by atoms with Crippen LogP contribution in [0.1, 0.15) is 17.4 Å². The first kappa shape index (κ1) is 23.3. The Bertz CT molecular complexity index is 1810. The van der Waals surface area contributed by atoms with Crippen LogP contribution in [0.25, 0.3) is 43.6 Å². The van der Waals surface area contributed by atoms with Crippen molar-refractivity contribution in [2.24, 2.45) is 0 Å². The number of nitrogens with zero attached hydrogens (tertiary/aromatic N) is 1. The lowest BCUT2D eigenvalue weighted by molar-refractivity contribution is -0.249. The number of rotatable bonds is 2. The average molecular weight is 534 g/mol. The van der Waals surface area contributed by atoms with Crippen molar-refractivity contribution < 1.29 is 39.7 Å². The number of fused-ring (bicyclic) bond motifs is 11. The molecule has 0 bridgehead atoms. The molecule has 1 fully saturated rings. The van der Waals surface area contributed by atoms with Crippen LogP contribution in [0.3, 0.4) is 0 Å². The van der Waals surface area contributed by atoms with Gasteiger partial charge in [0, 0.05) is 46.2 Å². The molecular weight excluding hydrogens is 506 g/mol. The van der Waals surface area contributed by atoms with E-state index in [2.05, 4.69) is 10.3 Å². The SMILES string of the molecule is OC[C@H]1O[C@@H](n2c3cc4c(cc3c3c5c(c6c7cc(O)ccc7[nH]c6c32)CNC5)OCCO4)[C@H](O)[C@@H](O)[C@@H]1O. The number of nitrogens with one attached hydrogen (secondary N) is 2. The number of benzene rings is 3. The van der Waals surface area contributed by atoms with Gasteiger partial charge in [-0.1, -0.05) is 0 Å². The predicted octanol–water partition coefficient (Wildman–Crippen LogP) is 1.48. The molecule has 3 aliphatic rings. The molecule has 3 aliphatic heterocycles. The minimum Gasteiger partial charge on any atom is -0.508 e. The summed E-state index contributed by atoms with van der Waals surface area (Å²) in [5, 5.41) is 59.8. The normalized spacial score (nSPS) is 26.7. The molecule has 8 rings (SSSR count). The van der Waals surface area contributed by atoms with Crippen molar-refractivity contribution in [1.82, 2.24) is 14.9 Å². The van der Waals surface area contributed by atoms with Crippen LogP contribution in [0.4, 0.5) is 0 Å². The number of aliphatic hydroxyl groups excluding tert-OH is 4. The van der Waals surface area contributed by atoms with Gasteiger partial charge >= 0.3 is 0 Å². The van der Waals surface area contributed by atoms with Crippen molar-refractivity contribution in [2.45, 2.75) is 43.7 Å². The van der Waals surface area contributed by atoms with Crippen molar-refractivity contribution in [3.8, 4) is 17.2 Å². The van der Waals surface area contributed by atoms with Crippen LogP contribution in [-0.2, 0) is 17.8 Å². The lowest BCUT2D eigenvalue weighted by atomic mass is 9.96. The Morgan fingerprint density at radius 1 is 0.872 bits per heavy atom. The summed E-state index contributed by atoms with van der Waals surface area (Å²) in [6.45, 7) is 1.54. The van der Waals surface area contributed by atoms with Gasteiger partial charge in [-0.15, -0.1) is 0 Å². The summed E-state index contributed by atoms with van der Waals surface area (Å²) in [4.78, 5) is 3.53. The van der Waals surface area contributed by atoms with Gasteiger partial charge in [0.2, 0.25) is 0 Å². The Balaban J connectivity index is 1.56. The molecule has 5 aromatic rings. The van der Waals surface area contributed by atoms with Gasteiger partial charge in [0.05, 0.1) is 23.2 Å². The van der Waals surface area contributed by atoms with Crippen molar-refractivity contribution in [3.05, 3.63) is 41.5 Å². The maximum atomic E-state index is 11.2. The zero-order valence-corrected chi connectivity index (χ0v) is 20.7. The van der Waals surface area contributed by atoms with Crippen LogP contribution in [-0.4, -0.2) is 79.3 Å². The summed E-state index contributed by atoms with van der Waals surface area (Å²) in [7, 11) is 0. The molecule has 5 atom stereocenters. The molecule has 39 heavy (non-hydrogen) atoms. The van der Waals surface area contributed by atoms with Gasteiger partial charge in [0.15, 0.2) is 17.7 Å². The van der Waals surface area contributed by atoms with Crippen molar-refractivity contribution in [1.29, 1.82) is 0 Å². The Kier molecular flexibility index (Phi) is 4.91. The van der Waals surface area contributed by atoms with E-state index < -0.39 is 37.3 Å². The lowest BCUT2D eigenvalue weighted by Crippen LogP contribution is -2.56. The van der Waals surface area contributed by atoms with E-state index in [0.717, 1.165) is 49.2 Å². The van der Waals surface area contributed by atoms with E-state index in [0.29, 0.717) is 43.3 Å². The molecule has 2 aromatic heterocycles. The molecule has 0 amide bonds. The third kappa shape index (κ3) is 3.08. The lowest BCUT2D eigenvalue weighted by Gasteiger charge is -2.41. The molecule has 0 aliphatic carbocycles. The molecular formula is C28H27N3O8. The molecule has 0 spiro atoms. The fourth-order valence-electron chi connectivity index (χ4n) is 6.63. The molecule has 0 unspecified atom stereocenters. The van der Waals surface area contributed by atoms with Crippen LogP contribution in [0.2, 0.25) is 0 Å². The molecule has 0 radical (unpaired) electrons. The topological polar surface area (TPSA) is 162 Å². The monoisotopic (exact) mass is 533 g/mol. The van der Waals surface area contributed by atoms with Crippen LogP contribution in [0, 0.1) is 0 Å². The number of aromatic nitrogens is 2. The number of aromatic hydroxyl groups is 1. The van der Waals surface area contributed by atoms with Crippen LogP contribution in [0.15, 0.2) is 30.3 Å². The van der Waals surface area contributed by atoms with Gasteiger partial charge in [-0.3, -0.25) is 0 Å². The van der Waals surface area contributed by atoms with E-state index in [9.17, 15) is 25.5 Å². The second kappa shape index (κ2) is 8.21. The summed E-state index contributed by atoms with van der Waals surface area (Å²) in [5.41, 5.74) is 5.21. The largest absolute Gasteiger partial charge is 0.508 e. The Morgan fingerprint density at radius 2 is 1.62 bits per heavy atom. The zero-order valence-electron chi connectivity index (χ0n) is 20.7. The fraction of sp³-hybridized carbons (Fsp3) is 0.357. The highest BCUT2D eigenvalue weighted by Crippen LogP contribution is 2.48. The molecule has 202 valence electrons. The number of phenols is 1. The van der Waals surface area contributed by atoms with Gasteiger partial charge < -0.3 is 54.6 Å². The molecule has 11 nitrogen and oxygen atoms in total. The summed E-state index contributed by atoms with van der Waals surface area (Å²) < 4.78 is 19.7. The molecule has 5 heterocycles. The van der Waals surface area contributed by atoms with Crippen molar-refractivity contribution in [3.63, 3.8) is 0 Å². The highest BCUT2D eigenvalue weighted by atomic mass is 16.6. The molecule has 3 aromatic carbocycles. The maximum Gasteiger partial charge on any atom is 0.163 e. The van der Waals surface area contributed by atoms with E-state index in [1.165, 1.54) is 0 Å². The molecule has 1 saturated heterocycles. The van der Waals surface area contributed by atoms with E-state index in [1.807, 2.05) is 22.8 Å². The fourth-order valence-corrected chi connectivity index (χ4v) is 6.63. The van der Waals surface area contributed by atoms with Crippen LogP contribution in [0.5, 0.6) is 17.2 Å². The summed E-state index contributed by atoms with van der Waals surface area (Å²) >= 11 is 0. The van der Waals surface area contributed by atoms with Crippen LogP contribution < -0.4 is 14.8 Å². The Morgan fingerprint density at radius 3 is 2.38 bits per heavy atom. The highest BCUT2D eigenvalue weighted by molar-refractivity contribution is 6.25. The minimum absolute atomic E-state index is 0.152. The number of hydrogen-bond donors (Lipinski definition) is 7. The standard InChI is InChI=1S/C28H27N3O8/c32-10-20-25(34)26(35)27(36)28(39-20)31-17-7-19-18(37-3-4-38-19)6-13(17)22-15-9-29-8-14(15)21-12-5-11(33)1-2-16(12)30-23(21)24(22)31/h1-2,5-7,20,25-30,32-36H,3-4,8-10H2/t20-,25-,26+,27-,28-/m1/s1. The van der Waals surface area contributed by atoms with Gasteiger partial charge in [-0.05, 0) is 35.4 Å². The Labute approximate surface area is 220 Å². The first-order chi connectivity index (χ1) is 19.0. The second-order valence-electron chi connectivity index (χ2n) is 10.5. The van der Waals surface area contributed by atoms with Crippen molar-refractivity contribution >= 4 is 43.6 Å². The summed E-state index contributed by atoms with van der Waals surface area (Å²) in [6.07, 6.45) is -6.74. The third-order valence-electron chi connectivity index (χ3n) is 8.38. The third-order valence-corrected chi connectivity index (χ3v) is 8.38. The number of hydrogen-bond acceptors (Lipinski definition) is 9. The highest BCUT2D eigenvalue weighted by Gasteiger charge is 2.45. The maximum absolute atomic E-state index is 11.2. The van der Waals surface area contributed by atoms with E-state index in [-0.39, 0.29) is 5.75 Å². The second-order valence-corrected chi connectivity index (χ2v) is 10.5. The zero-order chi connectivity index (χ0) is 26.6. The number of aromatic amines is 1.